The lowest BCUT2D eigenvalue weighted by molar-refractivity contribution is 0.729. The van der Waals surface area contributed by atoms with Crippen LogP contribution in [0.15, 0.2) is 48.1 Å². The monoisotopic (exact) mass is 232 g/mol. The van der Waals surface area contributed by atoms with Crippen LogP contribution in [0.25, 0.3) is 0 Å². The van der Waals surface area contributed by atoms with E-state index in [1.165, 1.54) is 44.1 Å². The van der Waals surface area contributed by atoms with Crippen molar-refractivity contribution in [3.05, 3.63) is 48.1 Å². The summed E-state index contributed by atoms with van der Waals surface area (Å²) >= 11 is 0. The van der Waals surface area contributed by atoms with E-state index in [2.05, 4.69) is 49.5 Å². The zero-order valence-corrected chi connectivity index (χ0v) is 11.8. The zero-order valence-electron chi connectivity index (χ0n) is 11.8. The summed E-state index contributed by atoms with van der Waals surface area (Å²) in [6.07, 6.45) is 23.0. The Bertz CT molecular complexity index is 264. The maximum Gasteiger partial charge on any atom is -0.0244 e. The van der Waals surface area contributed by atoms with Gasteiger partial charge in [0.05, 0.1) is 0 Å². The van der Waals surface area contributed by atoms with E-state index in [1.54, 1.807) is 0 Å². The van der Waals surface area contributed by atoms with Gasteiger partial charge in [-0.25, -0.2) is 0 Å². The number of hydrogen-bond donors (Lipinski definition) is 0. The standard InChI is InChI=1S/C15H22.C2H6/c1-2-3-4-5-6-7-9-12-15-13-10-8-11-14-15;1-2/h6-10,12-13H,2-5,11,14H2,1H3;1-2H3/b7-6+,12-9+;. The Morgan fingerprint density at radius 2 is 2.00 bits per heavy atom. The molecule has 0 amide bonds. The lowest BCUT2D eigenvalue weighted by Gasteiger charge is -2.01. The Kier molecular flexibility index (Phi) is 12.2. The summed E-state index contributed by atoms with van der Waals surface area (Å²) in [5.74, 6) is 0. The molecule has 0 unspecified atom stereocenters. The quantitative estimate of drug-likeness (QED) is 0.390. The second kappa shape index (κ2) is 13.0. The topological polar surface area (TPSA) is 0 Å². The van der Waals surface area contributed by atoms with Gasteiger partial charge in [-0.15, -0.1) is 0 Å². The first-order chi connectivity index (χ1) is 8.43. The molecule has 0 aliphatic heterocycles. The molecule has 1 rings (SSSR count). The van der Waals surface area contributed by atoms with Gasteiger partial charge in [-0.2, -0.15) is 0 Å². The minimum atomic E-state index is 1.19. The van der Waals surface area contributed by atoms with Crippen LogP contribution in [-0.4, -0.2) is 0 Å². The van der Waals surface area contributed by atoms with Crippen molar-refractivity contribution >= 4 is 0 Å². The van der Waals surface area contributed by atoms with Gasteiger partial charge in [0.2, 0.25) is 0 Å². The predicted octanol–water partition coefficient (Wildman–Crippen LogP) is 5.98. The first-order valence-corrected chi connectivity index (χ1v) is 7.12. The predicted molar refractivity (Wildman–Crippen MR) is 80.2 cm³/mol. The highest BCUT2D eigenvalue weighted by molar-refractivity contribution is 5.28. The first-order valence-electron chi connectivity index (χ1n) is 7.12. The lowest BCUT2D eigenvalue weighted by atomic mass is 10.0. The molecule has 0 heteroatoms. The van der Waals surface area contributed by atoms with E-state index in [0.717, 1.165) is 0 Å². The average molecular weight is 232 g/mol. The van der Waals surface area contributed by atoms with E-state index in [0.29, 0.717) is 0 Å². The fraction of sp³-hybridized carbons (Fsp3) is 0.529. The van der Waals surface area contributed by atoms with E-state index >= 15 is 0 Å². The first kappa shape index (κ1) is 16.0. The molecule has 0 bridgehead atoms. The van der Waals surface area contributed by atoms with Crippen molar-refractivity contribution in [3.8, 4) is 0 Å². The minimum Gasteiger partial charge on any atom is -0.0845 e. The average Bonchev–Trinajstić information content (AvgIpc) is 2.41. The van der Waals surface area contributed by atoms with Crippen molar-refractivity contribution in [2.24, 2.45) is 0 Å². The van der Waals surface area contributed by atoms with Crippen molar-refractivity contribution in [1.82, 2.24) is 0 Å². The Morgan fingerprint density at radius 3 is 2.65 bits per heavy atom. The molecule has 0 saturated heterocycles. The molecule has 0 aromatic carbocycles. The Balaban J connectivity index is 0.00000121. The molecule has 0 nitrogen and oxygen atoms in total. The Hall–Kier alpha value is -1.04. The van der Waals surface area contributed by atoms with E-state index in [1.807, 2.05) is 13.8 Å². The highest BCUT2D eigenvalue weighted by Crippen LogP contribution is 2.12. The maximum absolute atomic E-state index is 2.27. The molecule has 0 atom stereocenters. The van der Waals surface area contributed by atoms with Crippen LogP contribution in [0.1, 0.15) is 59.3 Å². The smallest absolute Gasteiger partial charge is 0.0244 e. The van der Waals surface area contributed by atoms with Crippen molar-refractivity contribution < 1.29 is 0 Å². The van der Waals surface area contributed by atoms with Gasteiger partial charge in [-0.1, -0.05) is 76.1 Å². The summed E-state index contributed by atoms with van der Waals surface area (Å²) in [6, 6.07) is 0. The number of unbranched alkanes of at least 4 members (excludes halogenated alkanes) is 3. The van der Waals surface area contributed by atoms with Gasteiger partial charge in [-0.3, -0.25) is 0 Å². The molecule has 96 valence electrons. The third-order valence-corrected chi connectivity index (χ3v) is 2.58. The summed E-state index contributed by atoms with van der Waals surface area (Å²) in [7, 11) is 0. The third-order valence-electron chi connectivity index (χ3n) is 2.58. The molecule has 0 saturated carbocycles. The largest absolute Gasteiger partial charge is 0.0845 e. The minimum absolute atomic E-state index is 1.19. The second-order valence-corrected chi connectivity index (χ2v) is 3.99. The van der Waals surface area contributed by atoms with Gasteiger partial charge < -0.3 is 0 Å². The second-order valence-electron chi connectivity index (χ2n) is 3.99. The van der Waals surface area contributed by atoms with Gasteiger partial charge in [0.1, 0.15) is 0 Å². The Labute approximate surface area is 108 Å². The molecule has 1 aliphatic rings. The molecule has 0 aromatic rings. The van der Waals surface area contributed by atoms with E-state index in [9.17, 15) is 0 Å². The summed E-state index contributed by atoms with van der Waals surface area (Å²) in [6.45, 7) is 6.24. The van der Waals surface area contributed by atoms with Crippen LogP contribution < -0.4 is 0 Å². The van der Waals surface area contributed by atoms with Crippen LogP contribution in [0.4, 0.5) is 0 Å². The summed E-state index contributed by atoms with van der Waals surface area (Å²) in [5.41, 5.74) is 1.44. The SMILES string of the molecule is CC.CCCCC/C=C/C=C/C1=CC=CCC1. The Morgan fingerprint density at radius 1 is 1.18 bits per heavy atom. The maximum atomic E-state index is 2.27. The van der Waals surface area contributed by atoms with Crippen LogP contribution >= 0.6 is 0 Å². The van der Waals surface area contributed by atoms with Crippen molar-refractivity contribution in [2.45, 2.75) is 59.3 Å². The van der Waals surface area contributed by atoms with Crippen LogP contribution in [-0.2, 0) is 0 Å². The van der Waals surface area contributed by atoms with Gasteiger partial charge in [0, 0.05) is 0 Å². The molecule has 0 spiro atoms. The summed E-state index contributed by atoms with van der Waals surface area (Å²) < 4.78 is 0. The number of hydrogen-bond acceptors (Lipinski definition) is 0. The molecule has 0 N–H and O–H groups in total. The number of rotatable bonds is 6. The fourth-order valence-corrected chi connectivity index (χ4v) is 1.63. The fourth-order valence-electron chi connectivity index (χ4n) is 1.63. The van der Waals surface area contributed by atoms with E-state index in [-0.39, 0.29) is 0 Å². The van der Waals surface area contributed by atoms with Crippen LogP contribution in [0.2, 0.25) is 0 Å². The van der Waals surface area contributed by atoms with Gasteiger partial charge >= 0.3 is 0 Å². The molecule has 17 heavy (non-hydrogen) atoms. The molecular formula is C17H28. The van der Waals surface area contributed by atoms with Crippen molar-refractivity contribution in [1.29, 1.82) is 0 Å². The van der Waals surface area contributed by atoms with Crippen LogP contribution in [0.3, 0.4) is 0 Å². The van der Waals surface area contributed by atoms with Gasteiger partial charge in [0.15, 0.2) is 0 Å². The zero-order chi connectivity index (χ0) is 12.8. The normalized spacial score (nSPS) is 14.9. The summed E-state index contributed by atoms with van der Waals surface area (Å²) in [4.78, 5) is 0. The molecule has 0 radical (unpaired) electrons. The van der Waals surface area contributed by atoms with E-state index < -0.39 is 0 Å². The van der Waals surface area contributed by atoms with Crippen LogP contribution in [0.5, 0.6) is 0 Å². The molecule has 1 aliphatic carbocycles. The molecule has 0 heterocycles. The van der Waals surface area contributed by atoms with Gasteiger partial charge in [0.25, 0.3) is 0 Å². The molecule has 0 fully saturated rings. The number of allylic oxidation sites excluding steroid dienone is 8. The van der Waals surface area contributed by atoms with E-state index in [4.69, 9.17) is 0 Å². The highest BCUT2D eigenvalue weighted by Gasteiger charge is 1.92. The van der Waals surface area contributed by atoms with Crippen molar-refractivity contribution in [3.63, 3.8) is 0 Å². The summed E-state index contributed by atoms with van der Waals surface area (Å²) in [5, 5.41) is 0. The van der Waals surface area contributed by atoms with Gasteiger partial charge in [-0.05, 0) is 31.3 Å². The highest BCUT2D eigenvalue weighted by atomic mass is 14.0. The van der Waals surface area contributed by atoms with Crippen LogP contribution in [0, 0.1) is 0 Å². The molecule has 0 aromatic heterocycles. The molecular weight excluding hydrogens is 204 g/mol. The van der Waals surface area contributed by atoms with Crippen molar-refractivity contribution in [2.75, 3.05) is 0 Å². The third kappa shape index (κ3) is 9.86. The lowest BCUT2D eigenvalue weighted by Crippen LogP contribution is -1.81.